The monoisotopic (exact) mass is 420 g/mol. The van der Waals surface area contributed by atoms with Crippen molar-refractivity contribution in [2.45, 2.75) is 38.6 Å². The SMILES string of the molecule is Cc1nc(NC(=O)N2CCCC2=O)ccc1Oc1ccnc(/C(C=N)=C/NC2CC2)c1. The molecule has 1 saturated carbocycles. The summed E-state index contributed by atoms with van der Waals surface area (Å²) in [7, 11) is 0. The number of carbonyl (C=O) groups is 2. The Hall–Kier alpha value is -3.75. The number of aromatic nitrogens is 2. The van der Waals surface area contributed by atoms with Crippen LogP contribution in [0.3, 0.4) is 0 Å². The number of allylic oxidation sites excluding steroid dienone is 1. The van der Waals surface area contributed by atoms with Gasteiger partial charge in [0.05, 0.1) is 11.4 Å². The molecule has 4 rings (SSSR count). The van der Waals surface area contributed by atoms with Gasteiger partial charge < -0.3 is 15.5 Å². The van der Waals surface area contributed by atoms with Gasteiger partial charge in [0, 0.05) is 49.3 Å². The number of nitrogens with zero attached hydrogens (tertiary/aromatic N) is 3. The van der Waals surface area contributed by atoms with Gasteiger partial charge in [-0.3, -0.25) is 20.0 Å². The van der Waals surface area contributed by atoms with Crippen LogP contribution in [0.2, 0.25) is 0 Å². The predicted octanol–water partition coefficient (Wildman–Crippen LogP) is 3.47. The second kappa shape index (κ2) is 8.95. The molecule has 0 spiro atoms. The molecule has 0 radical (unpaired) electrons. The number of rotatable bonds is 7. The molecule has 9 nitrogen and oxygen atoms in total. The highest BCUT2D eigenvalue weighted by atomic mass is 16.5. The fourth-order valence-electron chi connectivity index (χ4n) is 3.17. The van der Waals surface area contributed by atoms with Crippen LogP contribution >= 0.6 is 0 Å². The summed E-state index contributed by atoms with van der Waals surface area (Å²) in [6, 6.07) is 6.86. The molecule has 9 heteroatoms. The van der Waals surface area contributed by atoms with Gasteiger partial charge in [0.25, 0.3) is 0 Å². The Bertz CT molecular complexity index is 1050. The van der Waals surface area contributed by atoms with Gasteiger partial charge in [-0.05, 0) is 44.4 Å². The van der Waals surface area contributed by atoms with Crippen LogP contribution in [-0.4, -0.2) is 45.6 Å². The Morgan fingerprint density at radius 2 is 2.16 bits per heavy atom. The molecule has 2 aromatic heterocycles. The maximum absolute atomic E-state index is 12.2. The highest BCUT2D eigenvalue weighted by Gasteiger charge is 2.26. The average molecular weight is 420 g/mol. The van der Waals surface area contributed by atoms with Crippen molar-refractivity contribution in [3.63, 3.8) is 0 Å². The molecule has 31 heavy (non-hydrogen) atoms. The quantitative estimate of drug-likeness (QED) is 0.590. The van der Waals surface area contributed by atoms with E-state index in [2.05, 4.69) is 20.6 Å². The molecule has 3 amide bonds. The van der Waals surface area contributed by atoms with E-state index in [4.69, 9.17) is 10.1 Å². The first-order valence-electron chi connectivity index (χ1n) is 10.2. The van der Waals surface area contributed by atoms with Crippen molar-refractivity contribution in [3.8, 4) is 11.5 Å². The molecule has 0 bridgehead atoms. The molecule has 0 unspecified atom stereocenters. The first-order chi connectivity index (χ1) is 15.0. The average Bonchev–Trinajstić information content (AvgIpc) is 3.49. The predicted molar refractivity (Wildman–Crippen MR) is 116 cm³/mol. The van der Waals surface area contributed by atoms with E-state index in [1.807, 2.05) is 6.20 Å². The van der Waals surface area contributed by atoms with E-state index in [-0.39, 0.29) is 5.91 Å². The molecule has 0 aromatic carbocycles. The van der Waals surface area contributed by atoms with Crippen molar-refractivity contribution >= 4 is 29.5 Å². The number of aryl methyl sites for hydroxylation is 1. The summed E-state index contributed by atoms with van der Waals surface area (Å²) in [5, 5.41) is 13.6. The third kappa shape index (κ3) is 5.06. The summed E-state index contributed by atoms with van der Waals surface area (Å²) in [5.41, 5.74) is 1.88. The number of likely N-dealkylation sites (tertiary alicyclic amines) is 1. The standard InChI is InChI=1S/C22H24N6O3/c1-14-19(6-7-20(26-14)27-22(30)28-10-2-3-21(28)29)31-17-8-9-24-18(11-17)15(12-23)13-25-16-4-5-16/h6-9,11-13,16,23,25H,2-5,10H2,1H3,(H,26,27,30)/b15-13+,23-12?. The van der Waals surface area contributed by atoms with Gasteiger partial charge in [-0.25, -0.2) is 9.78 Å². The maximum Gasteiger partial charge on any atom is 0.329 e. The van der Waals surface area contributed by atoms with Gasteiger partial charge in [0.1, 0.15) is 17.3 Å². The number of pyridine rings is 2. The molecule has 1 saturated heterocycles. The zero-order valence-corrected chi connectivity index (χ0v) is 17.2. The number of urea groups is 1. The lowest BCUT2D eigenvalue weighted by Crippen LogP contribution is -2.35. The molecule has 0 atom stereocenters. The van der Waals surface area contributed by atoms with Gasteiger partial charge in [-0.1, -0.05) is 0 Å². The molecule has 1 aliphatic heterocycles. The van der Waals surface area contributed by atoms with Gasteiger partial charge in [0.2, 0.25) is 5.91 Å². The van der Waals surface area contributed by atoms with Crippen LogP contribution in [0.15, 0.2) is 36.7 Å². The zero-order valence-electron chi connectivity index (χ0n) is 17.2. The van der Waals surface area contributed by atoms with E-state index < -0.39 is 6.03 Å². The lowest BCUT2D eigenvalue weighted by Gasteiger charge is -2.15. The fraction of sp³-hybridized carbons (Fsp3) is 0.318. The highest BCUT2D eigenvalue weighted by Crippen LogP contribution is 2.27. The molecule has 1 aliphatic carbocycles. The first kappa shape index (κ1) is 20.5. The molecular weight excluding hydrogens is 396 g/mol. The Kier molecular flexibility index (Phi) is 5.92. The molecule has 2 aromatic rings. The van der Waals surface area contributed by atoms with Crippen LogP contribution in [0.25, 0.3) is 5.57 Å². The van der Waals surface area contributed by atoms with Crippen molar-refractivity contribution < 1.29 is 14.3 Å². The molecular formula is C22H24N6O3. The Morgan fingerprint density at radius 1 is 1.32 bits per heavy atom. The lowest BCUT2D eigenvalue weighted by molar-refractivity contribution is -0.125. The number of hydrogen-bond acceptors (Lipinski definition) is 7. The number of imide groups is 1. The van der Waals surface area contributed by atoms with E-state index in [1.165, 1.54) is 11.1 Å². The summed E-state index contributed by atoms with van der Waals surface area (Å²) in [4.78, 5) is 33.8. The number of anilines is 1. The van der Waals surface area contributed by atoms with E-state index in [0.29, 0.717) is 59.7 Å². The van der Waals surface area contributed by atoms with Gasteiger partial charge in [-0.15, -0.1) is 0 Å². The Balaban J connectivity index is 1.44. The third-order valence-electron chi connectivity index (χ3n) is 5.05. The molecule has 2 fully saturated rings. The molecule has 160 valence electrons. The largest absolute Gasteiger partial charge is 0.455 e. The number of amides is 3. The second-order valence-corrected chi connectivity index (χ2v) is 7.52. The number of carbonyl (C=O) groups excluding carboxylic acids is 2. The maximum atomic E-state index is 12.2. The van der Waals surface area contributed by atoms with Crippen molar-refractivity contribution in [2.75, 3.05) is 11.9 Å². The van der Waals surface area contributed by atoms with Crippen LogP contribution in [0.5, 0.6) is 11.5 Å². The van der Waals surface area contributed by atoms with Crippen molar-refractivity contribution in [2.24, 2.45) is 0 Å². The summed E-state index contributed by atoms with van der Waals surface area (Å²) in [6.07, 6.45) is 8.08. The summed E-state index contributed by atoms with van der Waals surface area (Å²) < 4.78 is 5.96. The topological polar surface area (TPSA) is 120 Å². The second-order valence-electron chi connectivity index (χ2n) is 7.52. The summed E-state index contributed by atoms with van der Waals surface area (Å²) in [6.45, 7) is 2.20. The van der Waals surface area contributed by atoms with Crippen LogP contribution in [0.4, 0.5) is 10.6 Å². The minimum Gasteiger partial charge on any atom is -0.455 e. The van der Waals surface area contributed by atoms with Crippen LogP contribution in [0.1, 0.15) is 37.1 Å². The fourth-order valence-corrected chi connectivity index (χ4v) is 3.17. The number of ether oxygens (including phenoxy) is 1. The minimum absolute atomic E-state index is 0.173. The van der Waals surface area contributed by atoms with Gasteiger partial charge in [-0.2, -0.15) is 0 Å². The molecule has 3 N–H and O–H groups in total. The van der Waals surface area contributed by atoms with Crippen molar-refractivity contribution in [3.05, 3.63) is 48.1 Å². The van der Waals surface area contributed by atoms with E-state index in [1.54, 1.807) is 37.4 Å². The number of hydrogen-bond donors (Lipinski definition) is 3. The smallest absolute Gasteiger partial charge is 0.329 e. The molecule has 3 heterocycles. The Morgan fingerprint density at radius 3 is 2.84 bits per heavy atom. The summed E-state index contributed by atoms with van der Waals surface area (Å²) in [5.74, 6) is 1.27. The van der Waals surface area contributed by atoms with E-state index in [9.17, 15) is 9.59 Å². The van der Waals surface area contributed by atoms with Crippen LogP contribution < -0.4 is 15.4 Å². The Labute approximate surface area is 180 Å². The molecule has 2 aliphatic rings. The first-order valence-corrected chi connectivity index (χ1v) is 10.2. The highest BCUT2D eigenvalue weighted by molar-refractivity contribution is 6.07. The van der Waals surface area contributed by atoms with Crippen LogP contribution in [0, 0.1) is 12.3 Å². The van der Waals surface area contributed by atoms with Crippen molar-refractivity contribution in [1.82, 2.24) is 20.2 Å². The zero-order chi connectivity index (χ0) is 21.8. The lowest BCUT2D eigenvalue weighted by atomic mass is 10.2. The van der Waals surface area contributed by atoms with E-state index >= 15 is 0 Å². The minimum atomic E-state index is -0.465. The summed E-state index contributed by atoms with van der Waals surface area (Å²) >= 11 is 0. The van der Waals surface area contributed by atoms with Crippen molar-refractivity contribution in [1.29, 1.82) is 5.41 Å². The normalized spacial score (nSPS) is 16.2. The number of nitrogens with one attached hydrogen (secondary N) is 3. The third-order valence-corrected chi connectivity index (χ3v) is 5.05. The van der Waals surface area contributed by atoms with Gasteiger partial charge in [0.15, 0.2) is 0 Å². The van der Waals surface area contributed by atoms with E-state index in [0.717, 1.165) is 12.8 Å². The van der Waals surface area contributed by atoms with Crippen LogP contribution in [-0.2, 0) is 4.79 Å². The van der Waals surface area contributed by atoms with Gasteiger partial charge >= 0.3 is 6.03 Å².